The number of allylic oxidation sites excluding steroid dienone is 2. The standard InChI is InChI=1S/C27H35ClFN7S/c1-6-8-21(9-7-12-35(5)26-17-37-34-19(3)31-26)30-15-25-32-27(4)23(13-18(2)16-36(27)33-25)22-11-10-20(29)14-24(22)28/h10-11,13-14,16H,6-9,12,15,17H2,1-5H3,(H,32,33)/t27-/m0/s1. The van der Waals surface area contributed by atoms with Gasteiger partial charge < -0.3 is 4.90 Å². The molecule has 3 aliphatic heterocycles. The molecule has 0 fully saturated rings. The molecule has 0 unspecified atom stereocenters. The zero-order valence-corrected chi connectivity index (χ0v) is 23.8. The van der Waals surface area contributed by atoms with Gasteiger partial charge in [-0.15, -0.1) is 0 Å². The van der Waals surface area contributed by atoms with Crippen molar-refractivity contribution in [1.29, 1.82) is 0 Å². The van der Waals surface area contributed by atoms with Gasteiger partial charge in [-0.25, -0.2) is 18.8 Å². The van der Waals surface area contributed by atoms with Gasteiger partial charge in [-0.2, -0.15) is 0 Å². The van der Waals surface area contributed by atoms with Crippen LogP contribution in [0.5, 0.6) is 0 Å². The third kappa shape index (κ3) is 6.44. The fourth-order valence-corrected chi connectivity index (χ4v) is 5.64. The molecule has 0 radical (unpaired) electrons. The molecule has 0 bridgehead atoms. The largest absolute Gasteiger partial charge is 0.362 e. The van der Waals surface area contributed by atoms with Crippen LogP contribution < -0.4 is 5.43 Å². The maximum Gasteiger partial charge on any atom is 0.175 e. The molecule has 0 saturated heterocycles. The van der Waals surface area contributed by atoms with Gasteiger partial charge in [0, 0.05) is 36.6 Å². The van der Waals surface area contributed by atoms with Gasteiger partial charge >= 0.3 is 0 Å². The summed E-state index contributed by atoms with van der Waals surface area (Å²) in [6.07, 6.45) is 8.06. The summed E-state index contributed by atoms with van der Waals surface area (Å²) in [6, 6.07) is 4.50. The lowest BCUT2D eigenvalue weighted by Gasteiger charge is -2.37. The molecule has 10 heteroatoms. The summed E-state index contributed by atoms with van der Waals surface area (Å²) in [5.74, 6) is 3.16. The van der Waals surface area contributed by atoms with E-state index in [2.05, 4.69) is 39.8 Å². The number of nitrogens with zero attached hydrogens (tertiary/aromatic N) is 6. The molecule has 0 saturated carbocycles. The third-order valence-electron chi connectivity index (χ3n) is 6.58. The number of amidine groups is 3. The fraction of sp³-hybridized carbons (Fsp3) is 0.481. The topological polar surface area (TPSA) is 68.0 Å². The Hall–Kier alpha value is -2.65. The molecule has 1 aromatic rings. The quantitative estimate of drug-likeness (QED) is 0.300. The van der Waals surface area contributed by atoms with Gasteiger partial charge in [-0.05, 0) is 75.8 Å². The van der Waals surface area contributed by atoms with Crippen LogP contribution >= 0.6 is 23.5 Å². The summed E-state index contributed by atoms with van der Waals surface area (Å²) in [7, 11) is 2.09. The Labute approximate surface area is 228 Å². The van der Waals surface area contributed by atoms with Crippen LogP contribution in [-0.4, -0.2) is 64.7 Å². The Bertz CT molecular complexity index is 1220. The van der Waals surface area contributed by atoms with E-state index in [0.717, 1.165) is 72.2 Å². The van der Waals surface area contributed by atoms with E-state index in [1.54, 1.807) is 18.0 Å². The van der Waals surface area contributed by atoms with E-state index < -0.39 is 5.66 Å². The van der Waals surface area contributed by atoms with Gasteiger partial charge in [0.25, 0.3) is 0 Å². The Morgan fingerprint density at radius 1 is 1.32 bits per heavy atom. The predicted molar refractivity (Wildman–Crippen MR) is 156 cm³/mol. The number of hydrogen-bond acceptors (Lipinski definition) is 8. The highest BCUT2D eigenvalue weighted by molar-refractivity contribution is 7.98. The van der Waals surface area contributed by atoms with E-state index in [1.807, 2.05) is 32.0 Å². The summed E-state index contributed by atoms with van der Waals surface area (Å²) < 4.78 is 18.0. The van der Waals surface area contributed by atoms with Crippen molar-refractivity contribution in [3.8, 4) is 0 Å². The van der Waals surface area contributed by atoms with E-state index >= 15 is 0 Å². The van der Waals surface area contributed by atoms with Gasteiger partial charge in [0.15, 0.2) is 5.66 Å². The van der Waals surface area contributed by atoms with Crippen molar-refractivity contribution < 1.29 is 4.39 Å². The Morgan fingerprint density at radius 3 is 2.86 bits per heavy atom. The number of benzene rings is 1. The summed E-state index contributed by atoms with van der Waals surface area (Å²) in [4.78, 5) is 16.8. The van der Waals surface area contributed by atoms with E-state index in [4.69, 9.17) is 21.6 Å². The van der Waals surface area contributed by atoms with Crippen LogP contribution in [0, 0.1) is 5.82 Å². The molecular weight excluding hydrogens is 509 g/mol. The van der Waals surface area contributed by atoms with E-state index in [0.29, 0.717) is 11.6 Å². The molecule has 7 nitrogen and oxygen atoms in total. The second-order valence-corrected chi connectivity index (χ2v) is 10.9. The Kier molecular flexibility index (Phi) is 8.75. The molecule has 3 aliphatic rings. The average Bonchev–Trinajstić information content (AvgIpc) is 3.18. The first-order valence-electron chi connectivity index (χ1n) is 12.7. The van der Waals surface area contributed by atoms with Crippen LogP contribution in [0.3, 0.4) is 0 Å². The van der Waals surface area contributed by atoms with Crippen LogP contribution in [0.15, 0.2) is 55.4 Å². The molecule has 1 N–H and O–H groups in total. The van der Waals surface area contributed by atoms with Crippen LogP contribution in [0.1, 0.15) is 58.9 Å². The number of nitrogens with one attached hydrogen (secondary N) is 1. The lowest BCUT2D eigenvalue weighted by molar-refractivity contribution is 0.225. The number of hydrogen-bond donors (Lipinski definition) is 1. The van der Waals surface area contributed by atoms with E-state index in [-0.39, 0.29) is 5.82 Å². The number of rotatable bonds is 9. The van der Waals surface area contributed by atoms with Crippen molar-refractivity contribution in [3.63, 3.8) is 0 Å². The molecule has 198 valence electrons. The summed E-state index contributed by atoms with van der Waals surface area (Å²) in [5.41, 5.74) is 6.68. The van der Waals surface area contributed by atoms with E-state index in [9.17, 15) is 4.39 Å². The SMILES string of the molecule is CCCC(CCCN(C)C1=NC(C)=NSC1)=NCC1=N[C@]2(C)C(c3ccc(F)cc3Cl)=CC(C)=CN2N1. The number of halogens is 2. The monoisotopic (exact) mass is 543 g/mol. The Morgan fingerprint density at radius 2 is 2.14 bits per heavy atom. The number of hydrazine groups is 1. The second kappa shape index (κ2) is 11.8. The highest BCUT2D eigenvalue weighted by atomic mass is 35.5. The van der Waals surface area contributed by atoms with Gasteiger partial charge in [0.2, 0.25) is 0 Å². The van der Waals surface area contributed by atoms with Crippen molar-refractivity contribution in [3.05, 3.63) is 52.5 Å². The number of aliphatic imine (C=N–C) groups is 3. The van der Waals surface area contributed by atoms with Crippen LogP contribution in [0.25, 0.3) is 5.57 Å². The fourth-order valence-electron chi connectivity index (χ4n) is 4.68. The first kappa shape index (κ1) is 27.4. The van der Waals surface area contributed by atoms with Crippen LogP contribution in [-0.2, 0) is 0 Å². The maximum absolute atomic E-state index is 13.7. The summed E-state index contributed by atoms with van der Waals surface area (Å²) in [6.45, 7) is 9.58. The zero-order valence-electron chi connectivity index (χ0n) is 22.2. The van der Waals surface area contributed by atoms with Crippen LogP contribution in [0.2, 0.25) is 5.02 Å². The lowest BCUT2D eigenvalue weighted by Crippen LogP contribution is -2.47. The van der Waals surface area contributed by atoms with Gasteiger partial charge in [-0.3, -0.25) is 15.4 Å². The molecular formula is C27H35ClFN7S. The molecule has 0 spiro atoms. The molecule has 1 aromatic carbocycles. The van der Waals surface area contributed by atoms with Crippen molar-refractivity contribution >= 4 is 52.3 Å². The highest BCUT2D eigenvalue weighted by Gasteiger charge is 2.42. The molecule has 37 heavy (non-hydrogen) atoms. The van der Waals surface area contributed by atoms with Gasteiger partial charge in [0.1, 0.15) is 23.3 Å². The minimum absolute atomic E-state index is 0.355. The molecule has 0 aliphatic carbocycles. The first-order chi connectivity index (χ1) is 17.7. The molecule has 0 amide bonds. The van der Waals surface area contributed by atoms with Gasteiger partial charge in [-0.1, -0.05) is 31.0 Å². The maximum atomic E-state index is 13.7. The van der Waals surface area contributed by atoms with Crippen molar-refractivity contribution in [2.75, 3.05) is 25.9 Å². The molecule has 4 rings (SSSR count). The molecule has 3 heterocycles. The first-order valence-corrected chi connectivity index (χ1v) is 14.0. The summed E-state index contributed by atoms with van der Waals surface area (Å²) in [5, 5.41) is 2.37. The predicted octanol–water partition coefficient (Wildman–Crippen LogP) is 6.15. The molecule has 0 aromatic heterocycles. The van der Waals surface area contributed by atoms with Crippen molar-refractivity contribution in [2.24, 2.45) is 19.4 Å². The zero-order chi connectivity index (χ0) is 26.6. The lowest BCUT2D eigenvalue weighted by atomic mass is 9.90. The van der Waals surface area contributed by atoms with Gasteiger partial charge in [0.05, 0.1) is 17.3 Å². The average molecular weight is 544 g/mol. The highest BCUT2D eigenvalue weighted by Crippen LogP contribution is 2.42. The third-order valence-corrected chi connectivity index (χ3v) is 7.67. The number of fused-ring (bicyclic) bond motifs is 1. The normalized spacial score (nSPS) is 21.4. The van der Waals surface area contributed by atoms with Crippen LogP contribution in [0.4, 0.5) is 4.39 Å². The second-order valence-electron chi connectivity index (χ2n) is 9.71. The smallest absolute Gasteiger partial charge is 0.175 e. The molecule has 1 atom stereocenters. The van der Waals surface area contributed by atoms with Crippen molar-refractivity contribution in [2.45, 2.75) is 59.0 Å². The minimum atomic E-state index is -0.695. The Balaban J connectivity index is 1.44. The van der Waals surface area contributed by atoms with E-state index in [1.165, 1.54) is 17.8 Å². The summed E-state index contributed by atoms with van der Waals surface area (Å²) >= 11 is 7.99. The van der Waals surface area contributed by atoms with Crippen molar-refractivity contribution in [1.82, 2.24) is 15.3 Å². The minimum Gasteiger partial charge on any atom is -0.362 e.